The van der Waals surface area contributed by atoms with Crippen molar-refractivity contribution in [2.45, 2.75) is 20.8 Å². The number of carbonyl (C=O) groups is 1. The van der Waals surface area contributed by atoms with E-state index in [-0.39, 0.29) is 5.78 Å². The van der Waals surface area contributed by atoms with E-state index in [4.69, 9.17) is 11.6 Å². The van der Waals surface area contributed by atoms with Crippen molar-refractivity contribution >= 4 is 28.7 Å². The van der Waals surface area contributed by atoms with Crippen molar-refractivity contribution in [2.75, 3.05) is 0 Å². The van der Waals surface area contributed by atoms with Crippen molar-refractivity contribution in [2.24, 2.45) is 0 Å². The number of hydrogen-bond donors (Lipinski definition) is 0. The van der Waals surface area contributed by atoms with Crippen LogP contribution in [0, 0.1) is 20.8 Å². The van der Waals surface area contributed by atoms with E-state index in [2.05, 4.69) is 0 Å². The number of ketones is 1. The Bertz CT molecular complexity index is 564. The van der Waals surface area contributed by atoms with Gasteiger partial charge in [0.2, 0.25) is 5.78 Å². The Labute approximate surface area is 110 Å². The summed E-state index contributed by atoms with van der Waals surface area (Å²) in [6, 6.07) is 7.65. The van der Waals surface area contributed by atoms with Gasteiger partial charge in [0, 0.05) is 5.56 Å². The monoisotopic (exact) mass is 264 g/mol. The molecule has 1 aromatic heterocycles. The van der Waals surface area contributed by atoms with Gasteiger partial charge < -0.3 is 0 Å². The standard InChI is InChI=1S/C14H13ClOS/c1-8-5-4-6-11(10(8)3)13(16)12-7-9(2)14(15)17-12/h4-7H,1-3H3. The molecule has 2 aromatic rings. The van der Waals surface area contributed by atoms with Gasteiger partial charge in [-0.05, 0) is 43.5 Å². The second-order valence-corrected chi connectivity index (χ2v) is 5.80. The Balaban J connectivity index is 2.47. The van der Waals surface area contributed by atoms with E-state index >= 15 is 0 Å². The minimum Gasteiger partial charge on any atom is -0.288 e. The van der Waals surface area contributed by atoms with Crippen LogP contribution in [0.25, 0.3) is 0 Å². The van der Waals surface area contributed by atoms with Crippen LogP contribution in [0.2, 0.25) is 4.34 Å². The van der Waals surface area contributed by atoms with Crippen LogP contribution in [0.5, 0.6) is 0 Å². The first-order valence-electron chi connectivity index (χ1n) is 5.37. The maximum absolute atomic E-state index is 12.3. The molecule has 0 N–H and O–H groups in total. The predicted molar refractivity (Wildman–Crippen MR) is 73.4 cm³/mol. The van der Waals surface area contributed by atoms with Crippen molar-refractivity contribution in [3.63, 3.8) is 0 Å². The van der Waals surface area contributed by atoms with Gasteiger partial charge in [0.05, 0.1) is 9.21 Å². The van der Waals surface area contributed by atoms with Crippen LogP contribution in [0.4, 0.5) is 0 Å². The summed E-state index contributed by atoms with van der Waals surface area (Å²) in [5, 5.41) is 0. The van der Waals surface area contributed by atoms with Gasteiger partial charge in [-0.2, -0.15) is 0 Å². The molecular formula is C14H13ClOS. The molecule has 0 spiro atoms. The molecule has 0 bridgehead atoms. The van der Waals surface area contributed by atoms with Crippen LogP contribution < -0.4 is 0 Å². The van der Waals surface area contributed by atoms with Gasteiger partial charge in [0.1, 0.15) is 0 Å². The first-order valence-corrected chi connectivity index (χ1v) is 6.57. The number of hydrogen-bond acceptors (Lipinski definition) is 2. The van der Waals surface area contributed by atoms with E-state index in [1.54, 1.807) is 0 Å². The minimum atomic E-state index is 0.0613. The fourth-order valence-electron chi connectivity index (χ4n) is 1.70. The Morgan fingerprint density at radius 3 is 2.47 bits per heavy atom. The van der Waals surface area contributed by atoms with Crippen molar-refractivity contribution in [1.29, 1.82) is 0 Å². The summed E-state index contributed by atoms with van der Waals surface area (Å²) < 4.78 is 0.693. The highest BCUT2D eigenvalue weighted by molar-refractivity contribution is 7.18. The van der Waals surface area contributed by atoms with Crippen molar-refractivity contribution in [3.8, 4) is 0 Å². The second kappa shape index (κ2) is 4.63. The minimum absolute atomic E-state index is 0.0613. The molecule has 1 nitrogen and oxygen atoms in total. The smallest absolute Gasteiger partial charge is 0.203 e. The van der Waals surface area contributed by atoms with E-state index in [0.717, 1.165) is 22.3 Å². The highest BCUT2D eigenvalue weighted by atomic mass is 35.5. The topological polar surface area (TPSA) is 17.1 Å². The molecule has 0 saturated heterocycles. The Morgan fingerprint density at radius 2 is 1.88 bits per heavy atom. The number of thiophene rings is 1. The second-order valence-electron chi connectivity index (χ2n) is 4.14. The number of benzene rings is 1. The van der Waals surface area contributed by atoms with Crippen LogP contribution in [-0.2, 0) is 0 Å². The van der Waals surface area contributed by atoms with Crippen LogP contribution in [-0.4, -0.2) is 5.78 Å². The fraction of sp³-hybridized carbons (Fsp3) is 0.214. The number of halogens is 1. The molecular weight excluding hydrogens is 252 g/mol. The molecule has 0 unspecified atom stereocenters. The molecule has 0 atom stereocenters. The average Bonchev–Trinajstić information content (AvgIpc) is 2.62. The molecule has 0 aliphatic carbocycles. The Morgan fingerprint density at radius 1 is 1.18 bits per heavy atom. The molecule has 1 aromatic carbocycles. The third kappa shape index (κ3) is 2.28. The summed E-state index contributed by atoms with van der Waals surface area (Å²) in [6.45, 7) is 5.90. The van der Waals surface area contributed by atoms with E-state index < -0.39 is 0 Å². The maximum Gasteiger partial charge on any atom is 0.203 e. The first kappa shape index (κ1) is 12.3. The summed E-state index contributed by atoms with van der Waals surface area (Å²) in [6.07, 6.45) is 0. The molecule has 0 saturated carbocycles. The zero-order valence-corrected chi connectivity index (χ0v) is 11.6. The Kier molecular flexibility index (Phi) is 3.36. The van der Waals surface area contributed by atoms with E-state index in [9.17, 15) is 4.79 Å². The lowest BCUT2D eigenvalue weighted by Gasteiger charge is -2.05. The molecule has 0 radical (unpaired) electrons. The van der Waals surface area contributed by atoms with E-state index in [0.29, 0.717) is 9.21 Å². The lowest BCUT2D eigenvalue weighted by Crippen LogP contribution is -2.02. The molecule has 0 amide bonds. The van der Waals surface area contributed by atoms with Crippen molar-refractivity contribution < 1.29 is 4.79 Å². The van der Waals surface area contributed by atoms with Gasteiger partial charge in [-0.25, -0.2) is 0 Å². The van der Waals surface area contributed by atoms with Gasteiger partial charge in [-0.15, -0.1) is 11.3 Å². The number of carbonyl (C=O) groups excluding carboxylic acids is 1. The van der Waals surface area contributed by atoms with Crippen LogP contribution >= 0.6 is 22.9 Å². The van der Waals surface area contributed by atoms with Gasteiger partial charge in [-0.3, -0.25) is 4.79 Å². The normalized spacial score (nSPS) is 10.6. The molecule has 17 heavy (non-hydrogen) atoms. The van der Waals surface area contributed by atoms with Gasteiger partial charge in [0.15, 0.2) is 0 Å². The fourth-order valence-corrected chi connectivity index (χ4v) is 2.86. The largest absolute Gasteiger partial charge is 0.288 e. The number of rotatable bonds is 2. The zero-order valence-electron chi connectivity index (χ0n) is 10.0. The first-order chi connectivity index (χ1) is 8.00. The third-order valence-electron chi connectivity index (χ3n) is 2.93. The van der Waals surface area contributed by atoms with Gasteiger partial charge in [0.25, 0.3) is 0 Å². The Hall–Kier alpha value is -1.12. The summed E-state index contributed by atoms with van der Waals surface area (Å²) >= 11 is 7.35. The molecule has 0 aliphatic rings. The van der Waals surface area contributed by atoms with Crippen LogP contribution in [0.3, 0.4) is 0 Å². The average molecular weight is 265 g/mol. The van der Waals surface area contributed by atoms with Crippen molar-refractivity contribution in [1.82, 2.24) is 0 Å². The van der Waals surface area contributed by atoms with E-state index in [1.807, 2.05) is 45.0 Å². The zero-order chi connectivity index (χ0) is 12.6. The molecule has 88 valence electrons. The lowest BCUT2D eigenvalue weighted by molar-refractivity contribution is 0.104. The van der Waals surface area contributed by atoms with Crippen LogP contribution in [0.15, 0.2) is 24.3 Å². The molecule has 2 rings (SSSR count). The summed E-state index contributed by atoms with van der Waals surface area (Å²) in [5.41, 5.74) is 3.91. The molecule has 0 aliphatic heterocycles. The number of aryl methyl sites for hydroxylation is 2. The van der Waals surface area contributed by atoms with Gasteiger partial charge >= 0.3 is 0 Å². The summed E-state index contributed by atoms with van der Waals surface area (Å²) in [5.74, 6) is 0.0613. The summed E-state index contributed by atoms with van der Waals surface area (Å²) in [7, 11) is 0. The SMILES string of the molecule is Cc1cc(C(=O)c2cccc(C)c2C)sc1Cl. The summed E-state index contributed by atoms with van der Waals surface area (Å²) in [4.78, 5) is 13.0. The lowest BCUT2D eigenvalue weighted by atomic mass is 9.99. The maximum atomic E-state index is 12.3. The molecule has 1 heterocycles. The predicted octanol–water partition coefficient (Wildman–Crippen LogP) is 4.56. The molecule has 3 heteroatoms. The highest BCUT2D eigenvalue weighted by Gasteiger charge is 2.16. The quantitative estimate of drug-likeness (QED) is 0.727. The van der Waals surface area contributed by atoms with Crippen molar-refractivity contribution in [3.05, 3.63) is 55.7 Å². The third-order valence-corrected chi connectivity index (χ3v) is 4.48. The van der Waals surface area contributed by atoms with E-state index in [1.165, 1.54) is 11.3 Å². The molecule has 0 fully saturated rings. The van der Waals surface area contributed by atoms with Gasteiger partial charge in [-0.1, -0.05) is 29.8 Å². The highest BCUT2D eigenvalue weighted by Crippen LogP contribution is 2.29. The van der Waals surface area contributed by atoms with Crippen LogP contribution in [0.1, 0.15) is 31.9 Å².